The Hall–Kier alpha value is -3.99. The lowest BCUT2D eigenvalue weighted by Crippen LogP contribution is -2.49. The van der Waals surface area contributed by atoms with Crippen LogP contribution in [0.2, 0.25) is 0 Å². The normalized spacial score (nSPS) is 12.4. The molecule has 10 heteroatoms. The lowest BCUT2D eigenvalue weighted by Gasteiger charge is -2.27. The molecule has 0 aliphatic rings. The average Bonchev–Trinajstić information content (AvgIpc) is 3.62. The third-order valence-electron chi connectivity index (χ3n) is 6.05. The third-order valence-corrected chi connectivity index (χ3v) is 8.38. The standard InChI is InChI=1S/C28H25N3O5S2/c32-27-13-10-21-17-24(11-12-25(21)29-27)38(34,35)30-26(16-20-6-2-1-3-7-20)28(33)31(18-22-8-4-14-36-22)19-23-9-5-15-37-23/h1-15,17,26,30H,16,18-19H2,(H,29,32). The monoisotopic (exact) mass is 547 g/mol. The number of pyridine rings is 1. The van der Waals surface area contributed by atoms with Crippen molar-refractivity contribution in [2.45, 2.75) is 30.4 Å². The molecule has 2 aromatic carbocycles. The Morgan fingerprint density at radius 2 is 1.82 bits per heavy atom. The summed E-state index contributed by atoms with van der Waals surface area (Å²) in [5.74, 6) is 0.229. The maximum absolute atomic E-state index is 14.0. The number of nitrogens with one attached hydrogen (secondary N) is 2. The molecule has 0 saturated carbocycles. The Morgan fingerprint density at radius 1 is 0.974 bits per heavy atom. The molecule has 0 spiro atoms. The second-order valence-electron chi connectivity index (χ2n) is 8.79. The number of fused-ring (bicyclic) bond motifs is 1. The van der Waals surface area contributed by atoms with Gasteiger partial charge in [0.15, 0.2) is 0 Å². The van der Waals surface area contributed by atoms with Crippen molar-refractivity contribution in [1.82, 2.24) is 14.6 Å². The van der Waals surface area contributed by atoms with E-state index in [2.05, 4.69) is 9.71 Å². The first-order valence-corrected chi connectivity index (χ1v) is 14.3. The number of benzene rings is 2. The van der Waals surface area contributed by atoms with Crippen LogP contribution in [0.3, 0.4) is 0 Å². The van der Waals surface area contributed by atoms with Gasteiger partial charge in [-0.05, 0) is 65.2 Å². The highest BCUT2D eigenvalue weighted by Gasteiger charge is 2.30. The van der Waals surface area contributed by atoms with Crippen LogP contribution in [0, 0.1) is 0 Å². The summed E-state index contributed by atoms with van der Waals surface area (Å²) in [6, 6.07) is 22.9. The topological polar surface area (TPSA) is 112 Å². The Labute approximate surface area is 223 Å². The molecule has 0 aliphatic carbocycles. The van der Waals surface area contributed by atoms with Crippen LogP contribution in [0.4, 0.5) is 0 Å². The van der Waals surface area contributed by atoms with Crippen LogP contribution in [-0.2, 0) is 34.3 Å². The number of furan rings is 1. The first-order valence-electron chi connectivity index (χ1n) is 11.9. The second-order valence-corrected chi connectivity index (χ2v) is 11.5. The second kappa shape index (κ2) is 11.2. The molecule has 38 heavy (non-hydrogen) atoms. The molecule has 8 nitrogen and oxygen atoms in total. The van der Waals surface area contributed by atoms with Crippen molar-refractivity contribution in [3.05, 3.63) is 123 Å². The number of rotatable bonds is 10. The Kier molecular flexibility index (Phi) is 7.54. The molecule has 1 atom stereocenters. The molecule has 0 bridgehead atoms. The van der Waals surface area contributed by atoms with E-state index >= 15 is 0 Å². The van der Waals surface area contributed by atoms with Crippen LogP contribution < -0.4 is 10.3 Å². The number of amides is 1. The van der Waals surface area contributed by atoms with Crippen molar-refractivity contribution < 1.29 is 17.6 Å². The highest BCUT2D eigenvalue weighted by molar-refractivity contribution is 7.89. The molecule has 5 rings (SSSR count). The van der Waals surface area contributed by atoms with Gasteiger partial charge in [-0.1, -0.05) is 36.4 Å². The van der Waals surface area contributed by atoms with E-state index in [0.717, 1.165) is 10.4 Å². The number of sulfonamides is 1. The van der Waals surface area contributed by atoms with Crippen molar-refractivity contribution in [1.29, 1.82) is 0 Å². The summed E-state index contributed by atoms with van der Waals surface area (Å²) >= 11 is 1.52. The van der Waals surface area contributed by atoms with E-state index in [4.69, 9.17) is 4.42 Å². The van der Waals surface area contributed by atoms with E-state index < -0.39 is 16.1 Å². The van der Waals surface area contributed by atoms with Gasteiger partial charge in [-0.3, -0.25) is 9.59 Å². The summed E-state index contributed by atoms with van der Waals surface area (Å²) in [6.07, 6.45) is 1.71. The minimum atomic E-state index is -4.09. The lowest BCUT2D eigenvalue weighted by molar-refractivity contribution is -0.134. The summed E-state index contributed by atoms with van der Waals surface area (Å²) in [6.45, 7) is 0.508. The summed E-state index contributed by atoms with van der Waals surface area (Å²) in [5, 5.41) is 2.50. The van der Waals surface area contributed by atoms with Gasteiger partial charge >= 0.3 is 0 Å². The van der Waals surface area contributed by atoms with Gasteiger partial charge in [0, 0.05) is 16.5 Å². The summed E-state index contributed by atoms with van der Waals surface area (Å²) in [7, 11) is -4.09. The number of carbonyl (C=O) groups is 1. The molecule has 0 radical (unpaired) electrons. The molecule has 3 heterocycles. The Morgan fingerprint density at radius 3 is 2.55 bits per heavy atom. The fraction of sp³-hybridized carbons (Fsp3) is 0.143. The van der Waals surface area contributed by atoms with Gasteiger partial charge in [-0.2, -0.15) is 4.72 Å². The number of carbonyl (C=O) groups excluding carboxylic acids is 1. The number of aromatic nitrogens is 1. The maximum atomic E-state index is 14.0. The Bertz CT molecular complexity index is 1640. The minimum absolute atomic E-state index is 0.00116. The highest BCUT2D eigenvalue weighted by Crippen LogP contribution is 2.20. The molecule has 0 saturated heterocycles. The molecule has 1 amide bonds. The van der Waals surface area contributed by atoms with E-state index in [9.17, 15) is 18.0 Å². The predicted octanol–water partition coefficient (Wildman–Crippen LogP) is 4.30. The summed E-state index contributed by atoms with van der Waals surface area (Å²) in [4.78, 5) is 30.8. The quantitative estimate of drug-likeness (QED) is 0.271. The fourth-order valence-corrected chi connectivity index (χ4v) is 6.14. The molecule has 3 aromatic heterocycles. The zero-order valence-electron chi connectivity index (χ0n) is 20.2. The zero-order chi connectivity index (χ0) is 26.5. The number of hydrogen-bond acceptors (Lipinski definition) is 6. The van der Waals surface area contributed by atoms with Crippen molar-refractivity contribution in [2.24, 2.45) is 0 Å². The molecule has 0 aliphatic heterocycles. The highest BCUT2D eigenvalue weighted by atomic mass is 32.2. The van der Waals surface area contributed by atoms with Crippen LogP contribution in [0.1, 0.15) is 16.2 Å². The average molecular weight is 548 g/mol. The molecule has 1 unspecified atom stereocenters. The summed E-state index contributed by atoms with van der Waals surface area (Å²) < 4.78 is 35.2. The van der Waals surface area contributed by atoms with Crippen molar-refractivity contribution in [2.75, 3.05) is 0 Å². The lowest BCUT2D eigenvalue weighted by atomic mass is 10.1. The predicted molar refractivity (Wildman–Crippen MR) is 146 cm³/mol. The largest absolute Gasteiger partial charge is 0.467 e. The summed E-state index contributed by atoms with van der Waals surface area (Å²) in [5.41, 5.74) is 1.06. The van der Waals surface area contributed by atoms with Crippen LogP contribution in [0.25, 0.3) is 10.9 Å². The first kappa shape index (κ1) is 25.7. The first-order chi connectivity index (χ1) is 18.4. The minimum Gasteiger partial charge on any atom is -0.467 e. The maximum Gasteiger partial charge on any atom is 0.248 e. The number of H-pyrrole nitrogens is 1. The van der Waals surface area contributed by atoms with Crippen LogP contribution in [0.15, 0.2) is 111 Å². The Balaban J connectivity index is 1.48. The third kappa shape index (κ3) is 6.10. The number of nitrogens with zero attached hydrogens (tertiary/aromatic N) is 1. The fourth-order valence-electron chi connectivity index (χ4n) is 4.20. The van der Waals surface area contributed by atoms with Gasteiger partial charge in [0.2, 0.25) is 21.5 Å². The van der Waals surface area contributed by atoms with E-state index in [1.807, 2.05) is 47.8 Å². The van der Waals surface area contributed by atoms with E-state index in [1.165, 1.54) is 29.5 Å². The van der Waals surface area contributed by atoms with E-state index in [0.29, 0.717) is 23.2 Å². The van der Waals surface area contributed by atoms with Crippen molar-refractivity contribution in [3.8, 4) is 0 Å². The molecular weight excluding hydrogens is 522 g/mol. The van der Waals surface area contributed by atoms with Crippen LogP contribution in [-0.4, -0.2) is 30.3 Å². The van der Waals surface area contributed by atoms with Gasteiger partial charge < -0.3 is 14.3 Å². The zero-order valence-corrected chi connectivity index (χ0v) is 21.9. The number of hydrogen-bond donors (Lipinski definition) is 2. The van der Waals surface area contributed by atoms with Gasteiger partial charge in [-0.25, -0.2) is 8.42 Å². The molecule has 194 valence electrons. The van der Waals surface area contributed by atoms with Crippen molar-refractivity contribution >= 4 is 38.2 Å². The van der Waals surface area contributed by atoms with E-state index in [1.54, 1.807) is 35.4 Å². The molecule has 2 N–H and O–H groups in total. The SMILES string of the molecule is O=C(C(Cc1ccccc1)NS(=O)(=O)c1ccc2[nH]c(=O)ccc2c1)N(Cc1ccco1)Cc1cccs1. The molecule has 5 aromatic rings. The number of thiophene rings is 1. The van der Waals surface area contributed by atoms with Crippen LogP contribution in [0.5, 0.6) is 0 Å². The molecule has 0 fully saturated rings. The van der Waals surface area contributed by atoms with Crippen LogP contribution >= 0.6 is 11.3 Å². The smallest absolute Gasteiger partial charge is 0.248 e. The molecular formula is C28H25N3O5S2. The van der Waals surface area contributed by atoms with E-state index in [-0.39, 0.29) is 29.3 Å². The van der Waals surface area contributed by atoms with Crippen molar-refractivity contribution in [3.63, 3.8) is 0 Å². The van der Waals surface area contributed by atoms with Gasteiger partial charge in [0.25, 0.3) is 0 Å². The van der Waals surface area contributed by atoms with Gasteiger partial charge in [0.05, 0.1) is 24.2 Å². The number of aromatic amines is 1. The van der Waals surface area contributed by atoms with Gasteiger partial charge in [0.1, 0.15) is 11.8 Å². The van der Waals surface area contributed by atoms with Gasteiger partial charge in [-0.15, -0.1) is 11.3 Å².